The summed E-state index contributed by atoms with van der Waals surface area (Å²) in [6.07, 6.45) is 6.59. The summed E-state index contributed by atoms with van der Waals surface area (Å²) in [5, 5.41) is 4.09. The van der Waals surface area contributed by atoms with Gasteiger partial charge >= 0.3 is 0 Å². The number of piperidine rings is 1. The maximum Gasteiger partial charge on any atom is 0.257 e. The van der Waals surface area contributed by atoms with Crippen LogP contribution in [0.2, 0.25) is 0 Å². The van der Waals surface area contributed by atoms with E-state index in [2.05, 4.69) is 22.2 Å². The molecule has 1 aliphatic rings. The van der Waals surface area contributed by atoms with Crippen molar-refractivity contribution < 1.29 is 4.79 Å². The van der Waals surface area contributed by atoms with E-state index in [9.17, 15) is 4.79 Å². The zero-order chi connectivity index (χ0) is 15.5. The maximum absolute atomic E-state index is 12.5. The molecule has 1 atom stereocenters. The third-order valence-corrected chi connectivity index (χ3v) is 4.20. The summed E-state index contributed by atoms with van der Waals surface area (Å²) in [5.74, 6) is 0.582. The van der Waals surface area contributed by atoms with Gasteiger partial charge in [0.05, 0.1) is 11.8 Å². The highest BCUT2D eigenvalue weighted by Gasteiger charge is 2.25. The van der Waals surface area contributed by atoms with Crippen LogP contribution in [0, 0.1) is 12.8 Å². The Bertz CT molecular complexity index is 664. The van der Waals surface area contributed by atoms with Crippen molar-refractivity contribution in [2.45, 2.75) is 26.2 Å². The second-order valence-electron chi connectivity index (χ2n) is 6.14. The normalized spacial score (nSPS) is 18.5. The van der Waals surface area contributed by atoms with Gasteiger partial charge in [0.2, 0.25) is 0 Å². The van der Waals surface area contributed by atoms with Crippen LogP contribution in [-0.4, -0.2) is 38.7 Å². The molecule has 3 rings (SSSR count). The van der Waals surface area contributed by atoms with Gasteiger partial charge in [0.1, 0.15) is 0 Å². The predicted octanol–water partition coefficient (Wildman–Crippen LogP) is 2.22. The predicted molar refractivity (Wildman–Crippen MR) is 84.5 cm³/mol. The van der Waals surface area contributed by atoms with Crippen molar-refractivity contribution in [3.63, 3.8) is 0 Å². The molecule has 3 heterocycles. The first kappa shape index (κ1) is 14.8. The van der Waals surface area contributed by atoms with Crippen LogP contribution in [0.1, 0.15) is 34.6 Å². The minimum absolute atomic E-state index is 0.0926. The average molecular weight is 298 g/mol. The second-order valence-corrected chi connectivity index (χ2v) is 6.14. The number of nitrogens with zero attached hydrogens (tertiary/aromatic N) is 4. The zero-order valence-corrected chi connectivity index (χ0v) is 13.2. The number of likely N-dealkylation sites (tertiary alicyclic amines) is 1. The van der Waals surface area contributed by atoms with E-state index in [1.54, 1.807) is 17.1 Å². The number of amides is 1. The topological polar surface area (TPSA) is 51.0 Å². The van der Waals surface area contributed by atoms with Gasteiger partial charge in [-0.25, -0.2) is 0 Å². The van der Waals surface area contributed by atoms with E-state index in [4.69, 9.17) is 0 Å². The van der Waals surface area contributed by atoms with Crippen LogP contribution >= 0.6 is 0 Å². The Morgan fingerprint density at radius 3 is 3.00 bits per heavy atom. The fraction of sp³-hybridized carbons (Fsp3) is 0.471. The first-order valence-electron chi connectivity index (χ1n) is 7.82. The number of carbonyl (C=O) groups excluding carboxylic acids is 1. The monoisotopic (exact) mass is 298 g/mol. The third-order valence-electron chi connectivity index (χ3n) is 4.20. The van der Waals surface area contributed by atoms with E-state index < -0.39 is 0 Å². The zero-order valence-electron chi connectivity index (χ0n) is 13.2. The Morgan fingerprint density at radius 1 is 1.41 bits per heavy atom. The first-order valence-corrected chi connectivity index (χ1v) is 7.82. The molecule has 0 spiro atoms. The molecule has 22 heavy (non-hydrogen) atoms. The van der Waals surface area contributed by atoms with Gasteiger partial charge in [-0.1, -0.05) is 6.07 Å². The van der Waals surface area contributed by atoms with Crippen LogP contribution < -0.4 is 0 Å². The minimum atomic E-state index is 0.0926. The third kappa shape index (κ3) is 3.35. The van der Waals surface area contributed by atoms with Gasteiger partial charge in [0.25, 0.3) is 5.91 Å². The fourth-order valence-corrected chi connectivity index (χ4v) is 3.14. The number of rotatable bonds is 3. The molecular formula is C17H22N4O. The lowest BCUT2D eigenvalue weighted by molar-refractivity contribution is 0.0672. The molecular weight excluding hydrogens is 276 g/mol. The molecule has 0 N–H and O–H groups in total. The van der Waals surface area contributed by atoms with Gasteiger partial charge in [0, 0.05) is 37.7 Å². The molecule has 0 saturated carbocycles. The van der Waals surface area contributed by atoms with Crippen molar-refractivity contribution in [2.24, 2.45) is 13.0 Å². The molecule has 1 saturated heterocycles. The number of aromatic nitrogens is 3. The number of aryl methyl sites for hydroxylation is 2. The van der Waals surface area contributed by atoms with E-state index in [0.717, 1.165) is 43.7 Å². The molecule has 0 aliphatic carbocycles. The maximum atomic E-state index is 12.5. The molecule has 0 aromatic carbocycles. The van der Waals surface area contributed by atoms with Crippen molar-refractivity contribution in [3.05, 3.63) is 47.5 Å². The highest BCUT2D eigenvalue weighted by molar-refractivity contribution is 5.93. The van der Waals surface area contributed by atoms with Gasteiger partial charge in [-0.15, -0.1) is 0 Å². The molecule has 0 bridgehead atoms. The van der Waals surface area contributed by atoms with Gasteiger partial charge < -0.3 is 4.90 Å². The molecule has 2 aromatic rings. The van der Waals surface area contributed by atoms with Crippen LogP contribution in [0.25, 0.3) is 0 Å². The van der Waals surface area contributed by atoms with Crippen LogP contribution in [0.15, 0.2) is 30.6 Å². The molecule has 116 valence electrons. The van der Waals surface area contributed by atoms with Crippen molar-refractivity contribution in [1.82, 2.24) is 19.7 Å². The lowest BCUT2D eigenvalue weighted by atomic mass is 9.93. The van der Waals surface area contributed by atoms with Gasteiger partial charge in [0.15, 0.2) is 0 Å². The Balaban J connectivity index is 1.65. The Morgan fingerprint density at radius 2 is 2.27 bits per heavy atom. The van der Waals surface area contributed by atoms with Crippen LogP contribution in [0.4, 0.5) is 0 Å². The Kier molecular flexibility index (Phi) is 4.22. The minimum Gasteiger partial charge on any atom is -0.338 e. The largest absolute Gasteiger partial charge is 0.338 e. The van der Waals surface area contributed by atoms with E-state index >= 15 is 0 Å². The summed E-state index contributed by atoms with van der Waals surface area (Å²) in [5.41, 5.74) is 2.86. The van der Waals surface area contributed by atoms with Crippen LogP contribution in [0.5, 0.6) is 0 Å². The molecule has 1 amide bonds. The SMILES string of the molecule is Cc1cccc(C[C@@H]2CCCN(C(=O)c3cnn(C)c3)C2)n1. The van der Waals surface area contributed by atoms with E-state index in [0.29, 0.717) is 11.5 Å². The number of carbonyl (C=O) groups is 1. The van der Waals surface area contributed by atoms with Crippen molar-refractivity contribution in [1.29, 1.82) is 0 Å². The summed E-state index contributed by atoms with van der Waals surface area (Å²) >= 11 is 0. The van der Waals surface area contributed by atoms with Crippen LogP contribution in [0.3, 0.4) is 0 Å². The molecule has 1 aliphatic heterocycles. The van der Waals surface area contributed by atoms with Gasteiger partial charge in [-0.2, -0.15) is 5.10 Å². The standard InChI is InChI=1S/C17H22N4O/c1-13-5-3-7-16(19-13)9-14-6-4-8-21(11-14)17(22)15-10-18-20(2)12-15/h3,5,7,10,12,14H,4,6,8-9,11H2,1-2H3/t14-/m0/s1. The fourth-order valence-electron chi connectivity index (χ4n) is 3.14. The Labute approximate surface area is 131 Å². The summed E-state index contributed by atoms with van der Waals surface area (Å²) in [4.78, 5) is 19.1. The number of pyridine rings is 1. The number of hydrogen-bond donors (Lipinski definition) is 0. The second kappa shape index (κ2) is 6.30. The van der Waals surface area contributed by atoms with E-state index in [1.807, 2.05) is 24.9 Å². The average Bonchev–Trinajstić information content (AvgIpc) is 2.93. The summed E-state index contributed by atoms with van der Waals surface area (Å²) in [7, 11) is 1.83. The van der Waals surface area contributed by atoms with Crippen molar-refractivity contribution in [2.75, 3.05) is 13.1 Å². The smallest absolute Gasteiger partial charge is 0.257 e. The Hall–Kier alpha value is -2.17. The highest BCUT2D eigenvalue weighted by atomic mass is 16.2. The molecule has 5 nitrogen and oxygen atoms in total. The van der Waals surface area contributed by atoms with Crippen molar-refractivity contribution >= 4 is 5.91 Å². The molecule has 0 unspecified atom stereocenters. The molecule has 2 aromatic heterocycles. The highest BCUT2D eigenvalue weighted by Crippen LogP contribution is 2.21. The summed E-state index contributed by atoms with van der Waals surface area (Å²) in [6.45, 7) is 3.66. The van der Waals surface area contributed by atoms with Crippen molar-refractivity contribution in [3.8, 4) is 0 Å². The summed E-state index contributed by atoms with van der Waals surface area (Å²) < 4.78 is 1.67. The van der Waals surface area contributed by atoms with Crippen LogP contribution in [-0.2, 0) is 13.5 Å². The van der Waals surface area contributed by atoms with Gasteiger partial charge in [-0.05, 0) is 44.2 Å². The van der Waals surface area contributed by atoms with E-state index in [-0.39, 0.29) is 5.91 Å². The molecule has 5 heteroatoms. The summed E-state index contributed by atoms with van der Waals surface area (Å²) in [6, 6.07) is 6.15. The quantitative estimate of drug-likeness (QED) is 0.873. The molecule has 1 fully saturated rings. The lowest BCUT2D eigenvalue weighted by Crippen LogP contribution is -2.40. The lowest BCUT2D eigenvalue weighted by Gasteiger charge is -2.32. The first-order chi connectivity index (χ1) is 10.6. The van der Waals surface area contributed by atoms with Gasteiger partial charge in [-0.3, -0.25) is 14.5 Å². The molecule has 0 radical (unpaired) electrons. The van der Waals surface area contributed by atoms with E-state index in [1.165, 1.54) is 0 Å². The number of hydrogen-bond acceptors (Lipinski definition) is 3.